The van der Waals surface area contributed by atoms with Crippen LogP contribution in [0.4, 0.5) is 0 Å². The van der Waals surface area contributed by atoms with E-state index in [1.165, 1.54) is 10.8 Å². The molecule has 25 heavy (non-hydrogen) atoms. The molecule has 3 aromatic rings. The van der Waals surface area contributed by atoms with Gasteiger partial charge in [0.1, 0.15) is 0 Å². The van der Waals surface area contributed by atoms with E-state index in [-0.39, 0.29) is 11.9 Å². The van der Waals surface area contributed by atoms with E-state index >= 15 is 0 Å². The molecule has 1 heterocycles. The lowest BCUT2D eigenvalue weighted by atomic mass is 10.0. The first-order valence-electron chi connectivity index (χ1n) is 8.45. The van der Waals surface area contributed by atoms with Crippen LogP contribution >= 0.6 is 0 Å². The molecule has 0 aliphatic rings. The molecule has 5 nitrogen and oxygen atoms in total. The van der Waals surface area contributed by atoms with Crippen molar-refractivity contribution in [2.24, 2.45) is 7.05 Å². The van der Waals surface area contributed by atoms with Crippen molar-refractivity contribution in [2.45, 2.75) is 19.5 Å². The first-order valence-corrected chi connectivity index (χ1v) is 8.45. The summed E-state index contributed by atoms with van der Waals surface area (Å²) in [5, 5.41) is 9.63. The summed E-state index contributed by atoms with van der Waals surface area (Å²) in [4.78, 5) is 14.3. The predicted octanol–water partition coefficient (Wildman–Crippen LogP) is 2.88. The molecule has 0 saturated heterocycles. The van der Waals surface area contributed by atoms with Crippen molar-refractivity contribution in [1.82, 2.24) is 20.0 Å². The summed E-state index contributed by atoms with van der Waals surface area (Å²) in [5.41, 5.74) is 2.21. The lowest BCUT2D eigenvalue weighted by Gasteiger charge is -2.19. The first-order chi connectivity index (χ1) is 12.0. The Morgan fingerprint density at radius 3 is 2.72 bits per heavy atom. The second-order valence-electron chi connectivity index (χ2n) is 6.59. The van der Waals surface area contributed by atoms with Crippen molar-refractivity contribution in [2.75, 3.05) is 13.6 Å². The normalized spacial score (nSPS) is 12.5. The lowest BCUT2D eigenvalue weighted by Crippen LogP contribution is -2.36. The number of aryl methyl sites for hydroxylation is 1. The smallest absolute Gasteiger partial charge is 0.234 e. The molecule has 1 aromatic heterocycles. The van der Waals surface area contributed by atoms with Gasteiger partial charge in [0.05, 0.1) is 18.8 Å². The molecule has 5 heteroatoms. The van der Waals surface area contributed by atoms with Crippen LogP contribution < -0.4 is 5.32 Å². The highest BCUT2D eigenvalue weighted by Crippen LogP contribution is 2.20. The van der Waals surface area contributed by atoms with Crippen LogP contribution in [0.25, 0.3) is 10.8 Å². The fourth-order valence-electron chi connectivity index (χ4n) is 3.01. The molecule has 0 radical (unpaired) electrons. The number of hydrogen-bond donors (Lipinski definition) is 1. The van der Waals surface area contributed by atoms with Gasteiger partial charge in [-0.2, -0.15) is 5.10 Å². The Bertz CT molecular complexity index is 871. The lowest BCUT2D eigenvalue weighted by molar-refractivity contribution is -0.122. The van der Waals surface area contributed by atoms with Gasteiger partial charge in [-0.05, 0) is 36.4 Å². The predicted molar refractivity (Wildman–Crippen MR) is 100 cm³/mol. The van der Waals surface area contributed by atoms with E-state index < -0.39 is 0 Å². The number of nitrogens with zero attached hydrogens (tertiary/aromatic N) is 3. The number of carbonyl (C=O) groups excluding carboxylic acids is 1. The second-order valence-corrected chi connectivity index (χ2v) is 6.59. The highest BCUT2D eigenvalue weighted by molar-refractivity contribution is 5.83. The number of benzene rings is 2. The summed E-state index contributed by atoms with van der Waals surface area (Å²) in [7, 11) is 3.83. The average molecular weight is 336 g/mol. The van der Waals surface area contributed by atoms with Crippen LogP contribution in [0.1, 0.15) is 24.1 Å². The van der Waals surface area contributed by atoms with Gasteiger partial charge in [-0.3, -0.25) is 14.4 Å². The Labute approximate surface area is 148 Å². The van der Waals surface area contributed by atoms with Gasteiger partial charge in [-0.1, -0.05) is 36.4 Å². The summed E-state index contributed by atoms with van der Waals surface area (Å²) in [6.07, 6.45) is 3.79. The van der Waals surface area contributed by atoms with Gasteiger partial charge >= 0.3 is 0 Å². The van der Waals surface area contributed by atoms with E-state index in [2.05, 4.69) is 40.7 Å². The molecular weight excluding hydrogens is 312 g/mol. The van der Waals surface area contributed by atoms with Gasteiger partial charge in [0.25, 0.3) is 0 Å². The molecule has 3 rings (SSSR count). The maximum Gasteiger partial charge on any atom is 0.234 e. The van der Waals surface area contributed by atoms with Gasteiger partial charge in [0, 0.05) is 25.4 Å². The zero-order valence-electron chi connectivity index (χ0n) is 14.9. The molecule has 1 N–H and O–H groups in total. The molecular formula is C20H24N4O. The molecule has 130 valence electrons. The van der Waals surface area contributed by atoms with E-state index in [4.69, 9.17) is 0 Å². The number of rotatable bonds is 6. The van der Waals surface area contributed by atoms with E-state index in [1.54, 1.807) is 4.68 Å². The van der Waals surface area contributed by atoms with Gasteiger partial charge < -0.3 is 5.32 Å². The number of likely N-dealkylation sites (N-methyl/N-ethyl adjacent to an activating group) is 1. The maximum absolute atomic E-state index is 12.3. The Hall–Kier alpha value is -2.66. The number of aromatic nitrogens is 2. The molecule has 0 bridgehead atoms. The van der Waals surface area contributed by atoms with Crippen LogP contribution in [0, 0.1) is 0 Å². The van der Waals surface area contributed by atoms with Crippen molar-refractivity contribution in [1.29, 1.82) is 0 Å². The van der Waals surface area contributed by atoms with Gasteiger partial charge in [0.2, 0.25) is 5.91 Å². The fourth-order valence-corrected chi connectivity index (χ4v) is 3.01. The molecule has 1 atom stereocenters. The minimum absolute atomic E-state index is 0.0204. The molecule has 0 fully saturated rings. The monoisotopic (exact) mass is 336 g/mol. The van der Waals surface area contributed by atoms with Crippen LogP contribution in [0.15, 0.2) is 54.9 Å². The maximum atomic E-state index is 12.3. The zero-order valence-corrected chi connectivity index (χ0v) is 14.9. The Balaban J connectivity index is 1.57. The molecule has 0 aliphatic heterocycles. The third-order valence-corrected chi connectivity index (χ3v) is 4.28. The largest absolute Gasteiger partial charge is 0.348 e. The molecule has 1 unspecified atom stereocenters. The van der Waals surface area contributed by atoms with Crippen LogP contribution in [0.3, 0.4) is 0 Å². The van der Waals surface area contributed by atoms with E-state index in [0.29, 0.717) is 13.1 Å². The number of hydrogen-bond acceptors (Lipinski definition) is 3. The van der Waals surface area contributed by atoms with E-state index in [0.717, 1.165) is 11.1 Å². The van der Waals surface area contributed by atoms with E-state index in [9.17, 15) is 4.79 Å². The van der Waals surface area contributed by atoms with Crippen molar-refractivity contribution in [3.05, 3.63) is 66.0 Å². The van der Waals surface area contributed by atoms with Gasteiger partial charge in [-0.15, -0.1) is 0 Å². The third-order valence-electron chi connectivity index (χ3n) is 4.28. The summed E-state index contributed by atoms with van der Waals surface area (Å²) >= 11 is 0. The van der Waals surface area contributed by atoms with Crippen molar-refractivity contribution in [3.63, 3.8) is 0 Å². The fraction of sp³-hybridized carbons (Fsp3) is 0.300. The Morgan fingerprint density at radius 1 is 1.24 bits per heavy atom. The topological polar surface area (TPSA) is 50.2 Å². The standard InChI is InChI=1S/C20H24N4O/c1-15(18-9-8-17-6-4-5-7-19(17)10-18)22-20(25)14-23(2)12-16-11-21-24(3)13-16/h4-11,13,15H,12,14H2,1-3H3,(H,22,25). The number of fused-ring (bicyclic) bond motifs is 1. The minimum atomic E-state index is -0.0242. The first kappa shape index (κ1) is 17.2. The summed E-state index contributed by atoms with van der Waals surface area (Å²) in [6.45, 7) is 3.07. The zero-order chi connectivity index (χ0) is 17.8. The second kappa shape index (κ2) is 7.49. The molecule has 1 amide bonds. The minimum Gasteiger partial charge on any atom is -0.348 e. The van der Waals surface area contributed by atoms with Gasteiger partial charge in [-0.25, -0.2) is 0 Å². The Morgan fingerprint density at radius 2 is 2.00 bits per heavy atom. The molecule has 0 aliphatic carbocycles. The highest BCUT2D eigenvalue weighted by Gasteiger charge is 2.12. The summed E-state index contributed by atoms with van der Waals surface area (Å²) in [6, 6.07) is 14.5. The van der Waals surface area contributed by atoms with E-state index in [1.807, 2.05) is 50.4 Å². The Kier molecular flexibility index (Phi) is 5.14. The van der Waals surface area contributed by atoms with Crippen molar-refractivity contribution >= 4 is 16.7 Å². The number of nitrogens with one attached hydrogen (secondary N) is 1. The van der Waals surface area contributed by atoms with Gasteiger partial charge in [0.15, 0.2) is 0 Å². The highest BCUT2D eigenvalue weighted by atomic mass is 16.2. The molecule has 2 aromatic carbocycles. The average Bonchev–Trinajstić information content (AvgIpc) is 2.98. The number of amides is 1. The van der Waals surface area contributed by atoms with Crippen LogP contribution in [0.5, 0.6) is 0 Å². The van der Waals surface area contributed by atoms with Crippen LogP contribution in [-0.4, -0.2) is 34.2 Å². The number of carbonyl (C=O) groups is 1. The SMILES string of the molecule is CC(NC(=O)CN(C)Cc1cnn(C)c1)c1ccc2ccccc2c1. The third kappa shape index (κ3) is 4.45. The molecule has 0 saturated carbocycles. The summed E-state index contributed by atoms with van der Waals surface area (Å²) in [5.74, 6) is 0.0204. The summed E-state index contributed by atoms with van der Waals surface area (Å²) < 4.78 is 1.77. The van der Waals surface area contributed by atoms with Crippen molar-refractivity contribution in [3.8, 4) is 0 Å². The van der Waals surface area contributed by atoms with Crippen LogP contribution in [-0.2, 0) is 18.4 Å². The van der Waals surface area contributed by atoms with Crippen molar-refractivity contribution < 1.29 is 4.79 Å². The molecule has 0 spiro atoms. The van der Waals surface area contributed by atoms with Crippen LogP contribution in [0.2, 0.25) is 0 Å². The quantitative estimate of drug-likeness (QED) is 0.753.